The van der Waals surface area contributed by atoms with Gasteiger partial charge in [-0.1, -0.05) is 37.1 Å². The molecule has 5 rings (SSSR count). The van der Waals surface area contributed by atoms with Gasteiger partial charge in [0, 0.05) is 16.5 Å². The lowest BCUT2D eigenvalue weighted by atomic mass is 9.99. The van der Waals surface area contributed by atoms with Crippen LogP contribution in [0.5, 0.6) is 17.2 Å². The van der Waals surface area contributed by atoms with Crippen LogP contribution in [0.3, 0.4) is 0 Å². The first-order valence-corrected chi connectivity index (χ1v) is 9.95. The Kier molecular flexibility index (Phi) is 4.16. The molecular weight excluding hydrogens is 364 g/mol. The fraction of sp³-hybridized carbons (Fsp3) is 0.208. The van der Waals surface area contributed by atoms with Crippen molar-refractivity contribution in [1.29, 1.82) is 0 Å². The summed E-state index contributed by atoms with van der Waals surface area (Å²) in [6.07, 6.45) is 4.59. The highest BCUT2D eigenvalue weighted by Gasteiger charge is 2.24. The molecule has 29 heavy (non-hydrogen) atoms. The van der Waals surface area contributed by atoms with Crippen molar-refractivity contribution in [2.75, 3.05) is 0 Å². The Bertz CT molecular complexity index is 1190. The molecule has 146 valence electrons. The third-order valence-corrected chi connectivity index (χ3v) is 5.83. The van der Waals surface area contributed by atoms with Crippen molar-refractivity contribution in [1.82, 2.24) is 9.78 Å². The minimum Gasteiger partial charge on any atom is -0.508 e. The Morgan fingerprint density at radius 2 is 1.52 bits per heavy atom. The van der Waals surface area contributed by atoms with E-state index in [2.05, 4.69) is 10.7 Å². The Labute approximate surface area is 168 Å². The summed E-state index contributed by atoms with van der Waals surface area (Å²) in [6.45, 7) is 0. The highest BCUT2D eigenvalue weighted by atomic mass is 16.3. The van der Waals surface area contributed by atoms with Crippen LogP contribution in [0, 0.1) is 0 Å². The van der Waals surface area contributed by atoms with E-state index in [1.165, 1.54) is 18.9 Å². The van der Waals surface area contributed by atoms with Crippen molar-refractivity contribution in [2.45, 2.75) is 31.7 Å². The first-order valence-electron chi connectivity index (χ1n) is 9.95. The van der Waals surface area contributed by atoms with Gasteiger partial charge in [-0.25, -0.2) is 0 Å². The van der Waals surface area contributed by atoms with Crippen LogP contribution in [0.1, 0.15) is 31.7 Å². The standard InChI is InChI=1S/C24H22N2O3/c27-18-11-8-15(9-12-18)23-20-7-3-6-19(16-10-13-21(28)22(29)14-16)24(20)26(25-23)17-4-1-2-5-17/h3,6-14,17,27-29H,1-2,4-5H2. The highest BCUT2D eigenvalue weighted by Crippen LogP contribution is 2.41. The number of aromatic hydroxyl groups is 3. The molecule has 1 fully saturated rings. The monoisotopic (exact) mass is 386 g/mol. The predicted octanol–water partition coefficient (Wildman–Crippen LogP) is 5.60. The van der Waals surface area contributed by atoms with E-state index in [1.807, 2.05) is 30.3 Å². The Morgan fingerprint density at radius 1 is 0.793 bits per heavy atom. The zero-order chi connectivity index (χ0) is 20.0. The van der Waals surface area contributed by atoms with Crippen LogP contribution >= 0.6 is 0 Å². The molecule has 4 aromatic rings. The van der Waals surface area contributed by atoms with Crippen molar-refractivity contribution in [3.8, 4) is 39.6 Å². The minimum absolute atomic E-state index is 0.130. The van der Waals surface area contributed by atoms with Crippen molar-refractivity contribution in [3.63, 3.8) is 0 Å². The van der Waals surface area contributed by atoms with Gasteiger partial charge in [-0.3, -0.25) is 4.68 Å². The summed E-state index contributed by atoms with van der Waals surface area (Å²) >= 11 is 0. The maximum Gasteiger partial charge on any atom is 0.158 e. The first-order chi connectivity index (χ1) is 14.1. The smallest absolute Gasteiger partial charge is 0.158 e. The summed E-state index contributed by atoms with van der Waals surface area (Å²) in [4.78, 5) is 0. The number of hydrogen-bond donors (Lipinski definition) is 3. The normalized spacial score (nSPS) is 14.6. The van der Waals surface area contributed by atoms with E-state index < -0.39 is 0 Å². The zero-order valence-electron chi connectivity index (χ0n) is 15.9. The lowest BCUT2D eigenvalue weighted by Crippen LogP contribution is -2.07. The third kappa shape index (κ3) is 2.99. The highest BCUT2D eigenvalue weighted by molar-refractivity contribution is 6.02. The number of para-hydroxylation sites is 1. The number of nitrogens with zero attached hydrogens (tertiary/aromatic N) is 2. The number of phenols is 3. The number of rotatable bonds is 3. The quantitative estimate of drug-likeness (QED) is 0.400. The summed E-state index contributed by atoms with van der Waals surface area (Å²) < 4.78 is 2.14. The number of fused-ring (bicyclic) bond motifs is 1. The molecule has 5 heteroatoms. The Balaban J connectivity index is 1.78. The summed E-state index contributed by atoms with van der Waals surface area (Å²) in [5, 5.41) is 35.5. The van der Waals surface area contributed by atoms with Gasteiger partial charge >= 0.3 is 0 Å². The van der Waals surface area contributed by atoms with E-state index >= 15 is 0 Å². The molecule has 1 saturated carbocycles. The lowest BCUT2D eigenvalue weighted by Gasteiger charge is -2.14. The number of benzene rings is 3. The molecule has 0 saturated heterocycles. The summed E-state index contributed by atoms with van der Waals surface area (Å²) in [6, 6.07) is 18.5. The van der Waals surface area contributed by atoms with Crippen LogP contribution in [-0.2, 0) is 0 Å². The first kappa shape index (κ1) is 17.6. The SMILES string of the molecule is Oc1ccc(-c2nn(C3CCCC3)c3c(-c4ccc(O)c(O)c4)cccc23)cc1. The average molecular weight is 386 g/mol. The summed E-state index contributed by atoms with van der Waals surface area (Å²) in [7, 11) is 0. The van der Waals surface area contributed by atoms with E-state index in [0.29, 0.717) is 6.04 Å². The van der Waals surface area contributed by atoms with E-state index in [-0.39, 0.29) is 17.2 Å². The van der Waals surface area contributed by atoms with Crippen LogP contribution in [0.25, 0.3) is 33.3 Å². The molecule has 0 bridgehead atoms. The van der Waals surface area contributed by atoms with Gasteiger partial charge in [0.05, 0.1) is 11.6 Å². The van der Waals surface area contributed by atoms with Gasteiger partial charge in [-0.2, -0.15) is 5.10 Å². The topological polar surface area (TPSA) is 78.5 Å². The van der Waals surface area contributed by atoms with E-state index in [9.17, 15) is 15.3 Å². The molecular formula is C24H22N2O3. The number of aromatic nitrogens is 2. The van der Waals surface area contributed by atoms with Crippen LogP contribution < -0.4 is 0 Å². The van der Waals surface area contributed by atoms with Crippen molar-refractivity contribution in [2.24, 2.45) is 0 Å². The molecule has 0 unspecified atom stereocenters. The molecule has 1 aliphatic carbocycles. The molecule has 0 radical (unpaired) electrons. The van der Waals surface area contributed by atoms with E-state index in [4.69, 9.17) is 5.10 Å². The molecule has 0 amide bonds. The molecule has 1 heterocycles. The van der Waals surface area contributed by atoms with Crippen LogP contribution in [0.15, 0.2) is 60.7 Å². The van der Waals surface area contributed by atoms with E-state index in [1.54, 1.807) is 18.2 Å². The average Bonchev–Trinajstić information content (AvgIpc) is 3.38. The minimum atomic E-state index is -0.134. The Morgan fingerprint density at radius 3 is 2.24 bits per heavy atom. The molecule has 5 nitrogen and oxygen atoms in total. The van der Waals surface area contributed by atoms with Gasteiger partial charge in [-0.05, 0) is 54.8 Å². The maximum atomic E-state index is 10.0. The van der Waals surface area contributed by atoms with Gasteiger partial charge < -0.3 is 15.3 Å². The van der Waals surface area contributed by atoms with E-state index in [0.717, 1.165) is 46.1 Å². The Hall–Kier alpha value is -3.47. The van der Waals surface area contributed by atoms with Gasteiger partial charge in [0.25, 0.3) is 0 Å². The molecule has 0 spiro atoms. The van der Waals surface area contributed by atoms with Crippen LogP contribution in [0.2, 0.25) is 0 Å². The van der Waals surface area contributed by atoms with Gasteiger partial charge in [0.2, 0.25) is 0 Å². The van der Waals surface area contributed by atoms with Gasteiger partial charge in [-0.15, -0.1) is 0 Å². The molecule has 0 atom stereocenters. The van der Waals surface area contributed by atoms with Gasteiger partial charge in [0.15, 0.2) is 11.5 Å². The van der Waals surface area contributed by atoms with Crippen LogP contribution in [0.4, 0.5) is 0 Å². The number of phenolic OH excluding ortho intramolecular Hbond substituents is 3. The lowest BCUT2D eigenvalue weighted by molar-refractivity contribution is 0.404. The fourth-order valence-corrected chi connectivity index (χ4v) is 4.36. The molecule has 1 aromatic heterocycles. The fourth-order valence-electron chi connectivity index (χ4n) is 4.36. The zero-order valence-corrected chi connectivity index (χ0v) is 15.9. The summed E-state index contributed by atoms with van der Waals surface area (Å²) in [5.41, 5.74) is 4.68. The van der Waals surface area contributed by atoms with Crippen molar-refractivity contribution in [3.05, 3.63) is 60.7 Å². The second-order valence-electron chi connectivity index (χ2n) is 7.68. The molecule has 3 N–H and O–H groups in total. The summed E-state index contributed by atoms with van der Waals surface area (Å²) in [5.74, 6) is -0.0336. The largest absolute Gasteiger partial charge is 0.508 e. The van der Waals surface area contributed by atoms with Crippen LogP contribution in [-0.4, -0.2) is 25.1 Å². The van der Waals surface area contributed by atoms with Crippen molar-refractivity contribution < 1.29 is 15.3 Å². The predicted molar refractivity (Wildman–Crippen MR) is 113 cm³/mol. The molecule has 0 aliphatic heterocycles. The van der Waals surface area contributed by atoms with Gasteiger partial charge in [0.1, 0.15) is 11.4 Å². The van der Waals surface area contributed by atoms with Crippen molar-refractivity contribution >= 4 is 10.9 Å². The third-order valence-electron chi connectivity index (χ3n) is 5.83. The maximum absolute atomic E-state index is 10.0. The second kappa shape index (κ2) is 6.85. The molecule has 1 aliphatic rings. The number of hydrogen-bond acceptors (Lipinski definition) is 4. The molecule has 3 aromatic carbocycles. The second-order valence-corrected chi connectivity index (χ2v) is 7.68.